The first kappa shape index (κ1) is 16.4. The molecule has 4 nitrogen and oxygen atoms in total. The summed E-state index contributed by atoms with van der Waals surface area (Å²) in [4.78, 5) is 14.6. The van der Waals surface area contributed by atoms with Crippen molar-refractivity contribution >= 4 is 16.7 Å². The summed E-state index contributed by atoms with van der Waals surface area (Å²) in [5.74, 6) is 1.33. The van der Waals surface area contributed by atoms with E-state index in [9.17, 15) is 4.79 Å². The molecule has 0 saturated heterocycles. The zero-order valence-electron chi connectivity index (χ0n) is 15.7. The SMILES string of the molecule is CC(C)c1ccc(N2COc3ccc4c5c(c(=O)oc4c3C2)CCC5)cc1. The van der Waals surface area contributed by atoms with E-state index in [0.29, 0.717) is 24.8 Å². The maximum absolute atomic E-state index is 12.4. The van der Waals surface area contributed by atoms with E-state index >= 15 is 0 Å². The Bertz CT molecular complexity index is 1080. The summed E-state index contributed by atoms with van der Waals surface area (Å²) in [6.45, 7) is 5.56. The molecule has 2 aliphatic rings. The van der Waals surface area contributed by atoms with Gasteiger partial charge in [-0.1, -0.05) is 26.0 Å². The maximum Gasteiger partial charge on any atom is 0.339 e. The first-order valence-electron chi connectivity index (χ1n) is 9.70. The van der Waals surface area contributed by atoms with Crippen molar-refractivity contribution in [3.05, 3.63) is 69.1 Å². The van der Waals surface area contributed by atoms with Gasteiger partial charge in [-0.3, -0.25) is 0 Å². The third-order valence-electron chi connectivity index (χ3n) is 5.85. The molecule has 0 spiro atoms. The zero-order chi connectivity index (χ0) is 18.5. The van der Waals surface area contributed by atoms with E-state index in [4.69, 9.17) is 9.15 Å². The van der Waals surface area contributed by atoms with E-state index in [2.05, 4.69) is 43.0 Å². The van der Waals surface area contributed by atoms with Gasteiger partial charge in [0.15, 0.2) is 6.73 Å². The molecule has 0 atom stereocenters. The normalized spacial score (nSPS) is 15.7. The Labute approximate surface area is 158 Å². The number of aryl methyl sites for hydroxylation is 1. The molecular formula is C23H23NO3. The third-order valence-corrected chi connectivity index (χ3v) is 5.85. The van der Waals surface area contributed by atoms with Crippen LogP contribution in [0.2, 0.25) is 0 Å². The number of rotatable bonds is 2. The Kier molecular flexibility index (Phi) is 3.74. The second kappa shape index (κ2) is 6.15. The second-order valence-corrected chi connectivity index (χ2v) is 7.84. The molecule has 0 unspecified atom stereocenters. The molecule has 0 saturated carbocycles. The highest BCUT2D eigenvalue weighted by Crippen LogP contribution is 2.37. The molecule has 4 heteroatoms. The first-order chi connectivity index (χ1) is 13.1. The summed E-state index contributed by atoms with van der Waals surface area (Å²) in [6.07, 6.45) is 2.81. The number of anilines is 1. The lowest BCUT2D eigenvalue weighted by atomic mass is 10.0. The minimum Gasteiger partial charge on any atom is -0.473 e. The van der Waals surface area contributed by atoms with Crippen LogP contribution in [0.15, 0.2) is 45.6 Å². The Morgan fingerprint density at radius 1 is 0.963 bits per heavy atom. The van der Waals surface area contributed by atoms with E-state index in [1.54, 1.807) is 0 Å². The summed E-state index contributed by atoms with van der Waals surface area (Å²) in [5, 5.41) is 1.07. The predicted octanol–water partition coefficient (Wildman–Crippen LogP) is 4.76. The van der Waals surface area contributed by atoms with Crippen molar-refractivity contribution in [2.75, 3.05) is 11.6 Å². The molecule has 0 N–H and O–H groups in total. The minimum atomic E-state index is -0.179. The summed E-state index contributed by atoms with van der Waals surface area (Å²) >= 11 is 0. The molecule has 2 heterocycles. The Morgan fingerprint density at radius 2 is 1.74 bits per heavy atom. The maximum atomic E-state index is 12.4. The summed E-state index contributed by atoms with van der Waals surface area (Å²) < 4.78 is 11.8. The molecule has 5 rings (SSSR count). The first-order valence-corrected chi connectivity index (χ1v) is 9.70. The number of fused-ring (bicyclic) bond motifs is 5. The lowest BCUT2D eigenvalue weighted by molar-refractivity contribution is 0.289. The minimum absolute atomic E-state index is 0.179. The van der Waals surface area contributed by atoms with Crippen molar-refractivity contribution in [1.82, 2.24) is 0 Å². The highest BCUT2D eigenvalue weighted by atomic mass is 16.5. The van der Waals surface area contributed by atoms with Crippen LogP contribution in [0, 0.1) is 0 Å². The Balaban J connectivity index is 1.57. The molecule has 138 valence electrons. The van der Waals surface area contributed by atoms with Crippen molar-refractivity contribution < 1.29 is 9.15 Å². The van der Waals surface area contributed by atoms with Crippen LogP contribution in [0.5, 0.6) is 5.75 Å². The van der Waals surface area contributed by atoms with Gasteiger partial charge in [0.2, 0.25) is 0 Å². The van der Waals surface area contributed by atoms with Gasteiger partial charge in [0.25, 0.3) is 0 Å². The fraction of sp³-hybridized carbons (Fsp3) is 0.348. The van der Waals surface area contributed by atoms with E-state index < -0.39 is 0 Å². The number of benzene rings is 2. The van der Waals surface area contributed by atoms with E-state index in [1.165, 1.54) is 11.1 Å². The fourth-order valence-corrected chi connectivity index (χ4v) is 4.29. The molecule has 0 bridgehead atoms. The molecule has 1 aliphatic heterocycles. The Morgan fingerprint density at radius 3 is 2.52 bits per heavy atom. The molecule has 0 fully saturated rings. The van der Waals surface area contributed by atoms with E-state index in [-0.39, 0.29) is 5.63 Å². The second-order valence-electron chi connectivity index (χ2n) is 7.84. The van der Waals surface area contributed by atoms with Gasteiger partial charge in [-0.2, -0.15) is 0 Å². The molecule has 2 aromatic carbocycles. The topological polar surface area (TPSA) is 42.7 Å². The van der Waals surface area contributed by atoms with Crippen LogP contribution < -0.4 is 15.3 Å². The van der Waals surface area contributed by atoms with Crippen molar-refractivity contribution in [2.24, 2.45) is 0 Å². The van der Waals surface area contributed by atoms with Crippen molar-refractivity contribution in [1.29, 1.82) is 0 Å². The van der Waals surface area contributed by atoms with Crippen molar-refractivity contribution in [2.45, 2.75) is 45.6 Å². The van der Waals surface area contributed by atoms with Gasteiger partial charge in [0.05, 0.1) is 12.1 Å². The van der Waals surface area contributed by atoms with Crippen LogP contribution in [0.1, 0.15) is 48.4 Å². The molecule has 0 amide bonds. The fourth-order valence-electron chi connectivity index (χ4n) is 4.29. The van der Waals surface area contributed by atoms with Crippen molar-refractivity contribution in [3.8, 4) is 5.75 Å². The smallest absolute Gasteiger partial charge is 0.339 e. The van der Waals surface area contributed by atoms with Crippen LogP contribution in [-0.4, -0.2) is 6.73 Å². The number of hydrogen-bond acceptors (Lipinski definition) is 4. The molecule has 3 aromatic rings. The lowest BCUT2D eigenvalue weighted by Gasteiger charge is -2.31. The zero-order valence-corrected chi connectivity index (χ0v) is 15.7. The molecule has 1 aromatic heterocycles. The molecule has 0 radical (unpaired) electrons. The summed E-state index contributed by atoms with van der Waals surface area (Å²) in [6, 6.07) is 12.7. The molecule has 1 aliphatic carbocycles. The van der Waals surface area contributed by atoms with Crippen LogP contribution in [0.4, 0.5) is 5.69 Å². The van der Waals surface area contributed by atoms with Crippen molar-refractivity contribution in [3.63, 3.8) is 0 Å². The van der Waals surface area contributed by atoms with E-state index in [0.717, 1.165) is 47.2 Å². The molecule has 27 heavy (non-hydrogen) atoms. The predicted molar refractivity (Wildman–Crippen MR) is 107 cm³/mol. The highest BCUT2D eigenvalue weighted by Gasteiger charge is 2.26. The molecular weight excluding hydrogens is 338 g/mol. The summed E-state index contributed by atoms with van der Waals surface area (Å²) in [5.41, 5.74) is 5.96. The van der Waals surface area contributed by atoms with Gasteiger partial charge in [-0.05, 0) is 60.6 Å². The average Bonchev–Trinajstić information content (AvgIpc) is 3.18. The summed E-state index contributed by atoms with van der Waals surface area (Å²) in [7, 11) is 0. The largest absolute Gasteiger partial charge is 0.473 e. The van der Waals surface area contributed by atoms with Crippen LogP contribution in [-0.2, 0) is 19.4 Å². The number of ether oxygens (including phenoxy) is 1. The van der Waals surface area contributed by atoms with Gasteiger partial charge in [0, 0.05) is 16.6 Å². The standard InChI is InChI=1S/C23H23NO3/c1-14(2)15-6-8-16(9-7-15)24-12-20-21(26-13-24)11-10-18-17-4-3-5-19(17)23(25)27-22(18)20/h6-11,14H,3-5,12-13H2,1-2H3. The number of hydrogen-bond donors (Lipinski definition) is 0. The van der Waals surface area contributed by atoms with Gasteiger partial charge in [-0.15, -0.1) is 0 Å². The van der Waals surface area contributed by atoms with Crippen LogP contribution in [0.25, 0.3) is 11.0 Å². The van der Waals surface area contributed by atoms with Gasteiger partial charge in [-0.25, -0.2) is 4.79 Å². The lowest BCUT2D eigenvalue weighted by Crippen LogP contribution is -2.32. The monoisotopic (exact) mass is 361 g/mol. The quantitative estimate of drug-likeness (QED) is 0.617. The third kappa shape index (κ3) is 2.62. The van der Waals surface area contributed by atoms with Crippen LogP contribution >= 0.6 is 0 Å². The van der Waals surface area contributed by atoms with Gasteiger partial charge >= 0.3 is 5.63 Å². The number of nitrogens with zero attached hydrogens (tertiary/aromatic N) is 1. The highest BCUT2D eigenvalue weighted by molar-refractivity contribution is 5.87. The Hall–Kier alpha value is -2.75. The average molecular weight is 361 g/mol. The van der Waals surface area contributed by atoms with Gasteiger partial charge in [0.1, 0.15) is 11.3 Å². The van der Waals surface area contributed by atoms with Crippen LogP contribution in [0.3, 0.4) is 0 Å². The van der Waals surface area contributed by atoms with E-state index in [1.807, 2.05) is 12.1 Å². The van der Waals surface area contributed by atoms with Gasteiger partial charge < -0.3 is 14.1 Å².